The summed E-state index contributed by atoms with van der Waals surface area (Å²) in [6, 6.07) is 0.534. The first-order chi connectivity index (χ1) is 6.68. The van der Waals surface area contributed by atoms with Crippen molar-refractivity contribution in [2.75, 3.05) is 18.1 Å². The van der Waals surface area contributed by atoms with Crippen LogP contribution in [0.15, 0.2) is 4.99 Å². The zero-order chi connectivity index (χ0) is 10.0. The molecule has 1 heterocycles. The van der Waals surface area contributed by atoms with Crippen LogP contribution in [0.3, 0.4) is 0 Å². The van der Waals surface area contributed by atoms with Gasteiger partial charge in [0.2, 0.25) is 0 Å². The van der Waals surface area contributed by atoms with E-state index >= 15 is 0 Å². The fourth-order valence-electron chi connectivity index (χ4n) is 1.44. The molecule has 0 aromatic rings. The van der Waals surface area contributed by atoms with E-state index < -0.39 is 5.60 Å². The molecule has 2 fully saturated rings. The zero-order valence-corrected chi connectivity index (χ0v) is 11.8. The van der Waals surface area contributed by atoms with Crippen LogP contribution in [0.25, 0.3) is 0 Å². The van der Waals surface area contributed by atoms with Crippen molar-refractivity contribution in [3.63, 3.8) is 0 Å². The molecule has 4 N–H and O–H groups in total. The van der Waals surface area contributed by atoms with Crippen molar-refractivity contribution in [2.24, 2.45) is 10.7 Å². The molecule has 88 valence electrons. The highest BCUT2D eigenvalue weighted by Gasteiger charge is 2.31. The molecule has 1 aliphatic carbocycles. The maximum absolute atomic E-state index is 9.98. The van der Waals surface area contributed by atoms with Gasteiger partial charge in [0.05, 0.1) is 12.1 Å². The van der Waals surface area contributed by atoms with E-state index in [9.17, 15) is 5.11 Å². The molecule has 4 nitrogen and oxygen atoms in total. The molecule has 1 atom stereocenters. The minimum atomic E-state index is -0.611. The summed E-state index contributed by atoms with van der Waals surface area (Å²) in [6.45, 7) is 0.436. The van der Waals surface area contributed by atoms with Crippen molar-refractivity contribution in [2.45, 2.75) is 30.9 Å². The van der Waals surface area contributed by atoms with Gasteiger partial charge in [0.15, 0.2) is 5.96 Å². The molecule has 0 bridgehead atoms. The van der Waals surface area contributed by atoms with Crippen LogP contribution in [-0.4, -0.2) is 40.8 Å². The predicted octanol–water partition coefficient (Wildman–Crippen LogP) is 0.539. The van der Waals surface area contributed by atoms with Crippen molar-refractivity contribution in [1.29, 1.82) is 0 Å². The van der Waals surface area contributed by atoms with Gasteiger partial charge in [-0.05, 0) is 25.0 Å². The molecular weight excluding hydrogens is 325 g/mol. The number of hydrogen-bond donors (Lipinski definition) is 3. The lowest BCUT2D eigenvalue weighted by Crippen LogP contribution is -2.37. The van der Waals surface area contributed by atoms with Gasteiger partial charge in [-0.3, -0.25) is 4.99 Å². The lowest BCUT2D eigenvalue weighted by molar-refractivity contribution is 0.0779. The number of thioether (sulfide) groups is 1. The molecule has 1 aliphatic heterocycles. The zero-order valence-electron chi connectivity index (χ0n) is 8.61. The van der Waals surface area contributed by atoms with Crippen molar-refractivity contribution in [3.8, 4) is 0 Å². The van der Waals surface area contributed by atoms with E-state index in [0.717, 1.165) is 17.9 Å². The number of nitrogens with one attached hydrogen (secondary N) is 1. The highest BCUT2D eigenvalue weighted by Crippen LogP contribution is 2.27. The van der Waals surface area contributed by atoms with E-state index in [1.807, 2.05) is 0 Å². The normalized spacial score (nSPS) is 31.1. The summed E-state index contributed by atoms with van der Waals surface area (Å²) in [7, 11) is 0. The Morgan fingerprint density at radius 3 is 2.87 bits per heavy atom. The van der Waals surface area contributed by atoms with Crippen LogP contribution in [0.4, 0.5) is 0 Å². The Balaban J connectivity index is 0.00000112. The molecule has 0 amide bonds. The van der Waals surface area contributed by atoms with Gasteiger partial charge >= 0.3 is 0 Å². The third-order valence-corrected chi connectivity index (χ3v) is 3.79. The van der Waals surface area contributed by atoms with E-state index in [1.165, 1.54) is 12.8 Å². The number of hydrogen-bond acceptors (Lipinski definition) is 3. The molecule has 15 heavy (non-hydrogen) atoms. The van der Waals surface area contributed by atoms with Crippen LogP contribution in [0.2, 0.25) is 0 Å². The summed E-state index contributed by atoms with van der Waals surface area (Å²) < 4.78 is 0. The highest BCUT2D eigenvalue weighted by molar-refractivity contribution is 14.0. The molecule has 2 aliphatic rings. The standard InChI is InChI=1S/C9H17N3OS.HI/c10-8(12-7-1-2-7)11-5-9(13)3-4-14-6-9;/h7,13H,1-6H2,(H3,10,11,12);1H. The van der Waals surface area contributed by atoms with E-state index in [4.69, 9.17) is 5.73 Å². The average molecular weight is 343 g/mol. The summed E-state index contributed by atoms with van der Waals surface area (Å²) in [5.41, 5.74) is 5.06. The smallest absolute Gasteiger partial charge is 0.188 e. The van der Waals surface area contributed by atoms with Gasteiger partial charge in [0.1, 0.15) is 0 Å². The first-order valence-electron chi connectivity index (χ1n) is 5.05. The molecular formula is C9H18IN3OS. The maximum Gasteiger partial charge on any atom is 0.188 e. The second-order valence-electron chi connectivity index (χ2n) is 4.15. The number of guanidine groups is 1. The van der Waals surface area contributed by atoms with Crippen molar-refractivity contribution in [1.82, 2.24) is 5.32 Å². The summed E-state index contributed by atoms with van der Waals surface area (Å²) in [5.74, 6) is 2.30. The van der Waals surface area contributed by atoms with Crippen LogP contribution < -0.4 is 11.1 Å². The molecule has 1 saturated heterocycles. The first-order valence-corrected chi connectivity index (χ1v) is 6.20. The Hall–Kier alpha value is 0.310. The largest absolute Gasteiger partial charge is 0.387 e. The van der Waals surface area contributed by atoms with Crippen LogP contribution in [-0.2, 0) is 0 Å². The minimum absolute atomic E-state index is 0. The van der Waals surface area contributed by atoms with Crippen LogP contribution in [0.5, 0.6) is 0 Å². The lowest BCUT2D eigenvalue weighted by atomic mass is 10.1. The van der Waals surface area contributed by atoms with Gasteiger partial charge in [-0.25, -0.2) is 0 Å². The van der Waals surface area contributed by atoms with E-state index in [2.05, 4.69) is 10.3 Å². The molecule has 0 radical (unpaired) electrons. The Bertz CT molecular complexity index is 240. The van der Waals surface area contributed by atoms with E-state index in [0.29, 0.717) is 18.5 Å². The second-order valence-corrected chi connectivity index (χ2v) is 5.25. The number of aliphatic hydroxyl groups is 1. The Morgan fingerprint density at radius 2 is 2.33 bits per heavy atom. The molecule has 0 spiro atoms. The molecule has 0 aromatic carbocycles. The third-order valence-electron chi connectivity index (χ3n) is 2.56. The van der Waals surface area contributed by atoms with E-state index in [1.54, 1.807) is 11.8 Å². The Labute approximate surface area is 111 Å². The van der Waals surface area contributed by atoms with Gasteiger partial charge < -0.3 is 16.2 Å². The third kappa shape index (κ3) is 4.36. The van der Waals surface area contributed by atoms with Crippen molar-refractivity contribution < 1.29 is 5.11 Å². The van der Waals surface area contributed by atoms with Crippen molar-refractivity contribution >= 4 is 41.7 Å². The fourth-order valence-corrected chi connectivity index (χ4v) is 2.72. The van der Waals surface area contributed by atoms with Gasteiger partial charge in [-0.15, -0.1) is 24.0 Å². The molecule has 6 heteroatoms. The average Bonchev–Trinajstić information content (AvgIpc) is 2.85. The van der Waals surface area contributed by atoms with Crippen LogP contribution >= 0.6 is 35.7 Å². The first kappa shape index (κ1) is 13.4. The number of aliphatic imine (C=N–C) groups is 1. The Morgan fingerprint density at radius 1 is 1.60 bits per heavy atom. The van der Waals surface area contributed by atoms with Gasteiger partial charge in [-0.2, -0.15) is 11.8 Å². The van der Waals surface area contributed by atoms with Crippen molar-refractivity contribution in [3.05, 3.63) is 0 Å². The van der Waals surface area contributed by atoms with E-state index in [-0.39, 0.29) is 24.0 Å². The van der Waals surface area contributed by atoms with Crippen LogP contribution in [0, 0.1) is 0 Å². The summed E-state index contributed by atoms with van der Waals surface area (Å²) in [5, 5.41) is 13.1. The maximum atomic E-state index is 9.98. The number of halogens is 1. The summed E-state index contributed by atoms with van der Waals surface area (Å²) in [6.07, 6.45) is 3.21. The second kappa shape index (κ2) is 5.58. The van der Waals surface area contributed by atoms with Gasteiger partial charge in [0.25, 0.3) is 0 Å². The minimum Gasteiger partial charge on any atom is -0.387 e. The number of rotatable bonds is 3. The summed E-state index contributed by atoms with van der Waals surface area (Å²) in [4.78, 5) is 4.18. The number of nitrogens with two attached hydrogens (primary N) is 1. The van der Waals surface area contributed by atoms with Gasteiger partial charge in [-0.1, -0.05) is 0 Å². The lowest BCUT2D eigenvalue weighted by Gasteiger charge is -2.18. The SMILES string of the molecule is I.NC(=NCC1(O)CCSC1)NC1CC1. The molecule has 1 saturated carbocycles. The van der Waals surface area contributed by atoms with Gasteiger partial charge in [0, 0.05) is 11.8 Å². The fraction of sp³-hybridized carbons (Fsp3) is 0.889. The predicted molar refractivity (Wildman–Crippen MR) is 75.0 cm³/mol. The molecule has 2 rings (SSSR count). The topological polar surface area (TPSA) is 70.6 Å². The Kier molecular flexibility index (Phi) is 4.98. The highest BCUT2D eigenvalue weighted by atomic mass is 127. The molecule has 0 aromatic heterocycles. The molecule has 1 unspecified atom stereocenters. The number of nitrogens with zero attached hydrogens (tertiary/aromatic N) is 1. The summed E-state index contributed by atoms with van der Waals surface area (Å²) >= 11 is 1.78. The quantitative estimate of drug-likeness (QED) is 0.397. The monoisotopic (exact) mass is 343 g/mol. The van der Waals surface area contributed by atoms with Crippen LogP contribution in [0.1, 0.15) is 19.3 Å².